The molecular formula is C17H26N2O2. The zero-order valence-corrected chi connectivity index (χ0v) is 13.2. The Morgan fingerprint density at radius 3 is 2.71 bits per heavy atom. The van der Waals surface area contributed by atoms with Crippen LogP contribution in [0.1, 0.15) is 24.8 Å². The Kier molecular flexibility index (Phi) is 6.05. The number of likely N-dealkylation sites (tertiary alicyclic amines) is 1. The highest BCUT2D eigenvalue weighted by molar-refractivity contribution is 5.76. The monoisotopic (exact) mass is 290 g/mol. The number of nitrogens with zero attached hydrogens (tertiary/aromatic N) is 2. The molecule has 1 amide bonds. The van der Waals surface area contributed by atoms with Gasteiger partial charge in [0, 0.05) is 20.0 Å². The van der Waals surface area contributed by atoms with Crippen LogP contribution in [0.2, 0.25) is 0 Å². The van der Waals surface area contributed by atoms with E-state index in [1.165, 1.54) is 12.8 Å². The van der Waals surface area contributed by atoms with Crippen molar-refractivity contribution >= 4 is 5.91 Å². The Balaban J connectivity index is 1.65. The lowest BCUT2D eigenvalue weighted by Gasteiger charge is -2.20. The van der Waals surface area contributed by atoms with E-state index in [4.69, 9.17) is 4.74 Å². The number of amides is 1. The minimum absolute atomic E-state index is 0.204. The smallest absolute Gasteiger partial charge is 0.223 e. The van der Waals surface area contributed by atoms with E-state index in [1.807, 2.05) is 38.2 Å². The Bertz CT molecular complexity index is 456. The van der Waals surface area contributed by atoms with Gasteiger partial charge in [0.05, 0.1) is 6.54 Å². The summed E-state index contributed by atoms with van der Waals surface area (Å²) in [6.45, 7) is 6.38. The first-order valence-electron chi connectivity index (χ1n) is 7.81. The van der Waals surface area contributed by atoms with E-state index < -0.39 is 0 Å². The van der Waals surface area contributed by atoms with Gasteiger partial charge in [-0.15, -0.1) is 0 Å². The maximum Gasteiger partial charge on any atom is 0.223 e. The Hall–Kier alpha value is -1.55. The van der Waals surface area contributed by atoms with E-state index >= 15 is 0 Å². The fraction of sp³-hybridized carbons (Fsp3) is 0.588. The normalized spacial score (nSPS) is 15.1. The lowest BCUT2D eigenvalue weighted by Crippen LogP contribution is -2.33. The lowest BCUT2D eigenvalue weighted by molar-refractivity contribution is -0.130. The summed E-state index contributed by atoms with van der Waals surface area (Å²) >= 11 is 0. The summed E-state index contributed by atoms with van der Waals surface area (Å²) in [7, 11) is 1.85. The maximum absolute atomic E-state index is 12.1. The van der Waals surface area contributed by atoms with Gasteiger partial charge < -0.3 is 14.5 Å². The van der Waals surface area contributed by atoms with Crippen LogP contribution in [0.15, 0.2) is 24.3 Å². The summed E-state index contributed by atoms with van der Waals surface area (Å²) in [5, 5.41) is 0. The predicted octanol–water partition coefficient (Wildman–Crippen LogP) is 2.32. The number of para-hydroxylation sites is 1. The summed E-state index contributed by atoms with van der Waals surface area (Å²) < 4.78 is 5.73. The number of likely N-dealkylation sites (N-methyl/N-ethyl adjacent to an activating group) is 1. The SMILES string of the molecule is Cc1ccccc1OCCN(C)C(=O)CCN1CCCC1. The second-order valence-electron chi connectivity index (χ2n) is 5.73. The van der Waals surface area contributed by atoms with Crippen LogP contribution in [0, 0.1) is 6.92 Å². The average Bonchev–Trinajstić information content (AvgIpc) is 3.00. The van der Waals surface area contributed by atoms with Crippen molar-refractivity contribution in [2.24, 2.45) is 0 Å². The van der Waals surface area contributed by atoms with Gasteiger partial charge in [-0.05, 0) is 44.5 Å². The Morgan fingerprint density at radius 2 is 2.00 bits per heavy atom. The molecular weight excluding hydrogens is 264 g/mol. The highest BCUT2D eigenvalue weighted by Gasteiger charge is 2.14. The first-order chi connectivity index (χ1) is 10.2. The summed E-state index contributed by atoms with van der Waals surface area (Å²) in [5.41, 5.74) is 1.13. The quantitative estimate of drug-likeness (QED) is 0.772. The molecule has 0 N–H and O–H groups in total. The van der Waals surface area contributed by atoms with Crippen molar-refractivity contribution in [3.8, 4) is 5.75 Å². The van der Waals surface area contributed by atoms with E-state index in [9.17, 15) is 4.79 Å². The highest BCUT2D eigenvalue weighted by Crippen LogP contribution is 2.15. The van der Waals surface area contributed by atoms with Crippen molar-refractivity contribution in [2.75, 3.05) is 39.8 Å². The van der Waals surface area contributed by atoms with Gasteiger partial charge in [-0.1, -0.05) is 18.2 Å². The molecule has 0 bridgehead atoms. The lowest BCUT2D eigenvalue weighted by atomic mass is 10.2. The van der Waals surface area contributed by atoms with Gasteiger partial charge in [-0.25, -0.2) is 0 Å². The number of rotatable bonds is 7. The molecule has 0 spiro atoms. The molecule has 0 unspecified atom stereocenters. The number of carbonyl (C=O) groups excluding carboxylic acids is 1. The zero-order valence-electron chi connectivity index (χ0n) is 13.2. The number of aryl methyl sites for hydroxylation is 1. The fourth-order valence-corrected chi connectivity index (χ4v) is 2.59. The van der Waals surface area contributed by atoms with E-state index in [2.05, 4.69) is 4.90 Å². The van der Waals surface area contributed by atoms with Crippen LogP contribution < -0.4 is 4.74 Å². The van der Waals surface area contributed by atoms with Gasteiger partial charge in [-0.3, -0.25) is 4.79 Å². The third kappa shape index (κ3) is 5.05. The molecule has 1 aromatic carbocycles. The van der Waals surface area contributed by atoms with E-state index in [0.29, 0.717) is 19.6 Å². The Labute approximate surface area is 127 Å². The molecule has 1 heterocycles. The van der Waals surface area contributed by atoms with Crippen molar-refractivity contribution in [1.29, 1.82) is 0 Å². The molecule has 1 saturated heterocycles. The number of hydrogen-bond donors (Lipinski definition) is 0. The molecule has 1 aromatic rings. The fourth-order valence-electron chi connectivity index (χ4n) is 2.59. The zero-order chi connectivity index (χ0) is 15.1. The first-order valence-corrected chi connectivity index (χ1v) is 7.81. The first kappa shape index (κ1) is 15.8. The van der Waals surface area contributed by atoms with Gasteiger partial charge in [0.15, 0.2) is 0 Å². The second kappa shape index (κ2) is 8.03. The van der Waals surface area contributed by atoms with Crippen LogP contribution in [-0.4, -0.2) is 55.5 Å². The third-order valence-corrected chi connectivity index (χ3v) is 4.04. The molecule has 4 heteroatoms. The van der Waals surface area contributed by atoms with Gasteiger partial charge in [0.1, 0.15) is 12.4 Å². The summed E-state index contributed by atoms with van der Waals surface area (Å²) in [5.74, 6) is 1.10. The number of ether oxygens (including phenoxy) is 1. The molecule has 0 radical (unpaired) electrons. The van der Waals surface area contributed by atoms with E-state index in [1.54, 1.807) is 4.90 Å². The van der Waals surface area contributed by atoms with Gasteiger partial charge in [0.25, 0.3) is 0 Å². The molecule has 116 valence electrons. The third-order valence-electron chi connectivity index (χ3n) is 4.04. The number of benzene rings is 1. The largest absolute Gasteiger partial charge is 0.491 e. The van der Waals surface area contributed by atoms with Crippen LogP contribution in [0.3, 0.4) is 0 Å². The topological polar surface area (TPSA) is 32.8 Å². The average molecular weight is 290 g/mol. The van der Waals surface area contributed by atoms with Crippen molar-refractivity contribution in [2.45, 2.75) is 26.2 Å². The number of carbonyl (C=O) groups is 1. The van der Waals surface area contributed by atoms with Crippen LogP contribution in [0.5, 0.6) is 5.75 Å². The van der Waals surface area contributed by atoms with Crippen LogP contribution in [0.4, 0.5) is 0 Å². The van der Waals surface area contributed by atoms with E-state index in [-0.39, 0.29) is 5.91 Å². The van der Waals surface area contributed by atoms with Crippen LogP contribution >= 0.6 is 0 Å². The molecule has 4 nitrogen and oxygen atoms in total. The van der Waals surface area contributed by atoms with Crippen molar-refractivity contribution in [3.05, 3.63) is 29.8 Å². The van der Waals surface area contributed by atoms with Crippen molar-refractivity contribution < 1.29 is 9.53 Å². The molecule has 1 aliphatic rings. The second-order valence-corrected chi connectivity index (χ2v) is 5.73. The van der Waals surface area contributed by atoms with Crippen molar-refractivity contribution in [3.63, 3.8) is 0 Å². The predicted molar refractivity (Wildman–Crippen MR) is 84.6 cm³/mol. The minimum atomic E-state index is 0.204. The van der Waals surface area contributed by atoms with Crippen LogP contribution in [-0.2, 0) is 4.79 Å². The minimum Gasteiger partial charge on any atom is -0.491 e. The summed E-state index contributed by atoms with van der Waals surface area (Å²) in [6.07, 6.45) is 3.16. The molecule has 2 rings (SSSR count). The van der Waals surface area contributed by atoms with E-state index in [0.717, 1.165) is 30.9 Å². The maximum atomic E-state index is 12.1. The van der Waals surface area contributed by atoms with Crippen LogP contribution in [0.25, 0.3) is 0 Å². The molecule has 0 aromatic heterocycles. The standard InChI is InChI=1S/C17H26N2O2/c1-15-7-3-4-8-16(15)21-14-13-18(2)17(20)9-12-19-10-5-6-11-19/h3-4,7-8H,5-6,9-14H2,1-2H3. The molecule has 21 heavy (non-hydrogen) atoms. The molecule has 0 saturated carbocycles. The number of hydrogen-bond acceptors (Lipinski definition) is 3. The Morgan fingerprint density at radius 1 is 1.29 bits per heavy atom. The molecule has 0 atom stereocenters. The van der Waals surface area contributed by atoms with Gasteiger partial charge in [-0.2, -0.15) is 0 Å². The molecule has 1 fully saturated rings. The summed E-state index contributed by atoms with van der Waals surface area (Å²) in [6, 6.07) is 7.95. The van der Waals surface area contributed by atoms with Gasteiger partial charge in [0.2, 0.25) is 5.91 Å². The van der Waals surface area contributed by atoms with Gasteiger partial charge >= 0.3 is 0 Å². The molecule has 1 aliphatic heterocycles. The molecule has 0 aliphatic carbocycles. The highest BCUT2D eigenvalue weighted by atomic mass is 16.5. The van der Waals surface area contributed by atoms with Crippen molar-refractivity contribution in [1.82, 2.24) is 9.80 Å². The summed E-state index contributed by atoms with van der Waals surface area (Å²) in [4.78, 5) is 16.2.